The first-order valence-corrected chi connectivity index (χ1v) is 14.1. The molecule has 2 N–H and O–H groups in total. The minimum atomic E-state index is -1.46. The number of benzene rings is 1. The van der Waals surface area contributed by atoms with Gasteiger partial charge in [-0.1, -0.05) is 25.2 Å². The van der Waals surface area contributed by atoms with Gasteiger partial charge in [0.15, 0.2) is 0 Å². The van der Waals surface area contributed by atoms with E-state index in [9.17, 15) is 18.8 Å². The molecule has 0 unspecified atom stereocenters. The highest BCUT2D eigenvalue weighted by Gasteiger charge is 2.35. The van der Waals surface area contributed by atoms with Gasteiger partial charge >= 0.3 is 5.69 Å². The van der Waals surface area contributed by atoms with E-state index in [0.717, 1.165) is 4.57 Å². The van der Waals surface area contributed by atoms with Crippen molar-refractivity contribution in [3.63, 3.8) is 0 Å². The van der Waals surface area contributed by atoms with E-state index in [4.69, 9.17) is 9.84 Å². The number of aromatic nitrogens is 5. The van der Waals surface area contributed by atoms with Crippen LogP contribution in [0.5, 0.6) is 5.75 Å². The number of halogens is 1. The average Bonchev–Trinajstić information content (AvgIpc) is 3.57. The van der Waals surface area contributed by atoms with Crippen LogP contribution in [0.1, 0.15) is 45.7 Å². The Hall–Kier alpha value is -3.84. The molecule has 0 saturated carbocycles. The van der Waals surface area contributed by atoms with Crippen LogP contribution in [0.2, 0.25) is 0 Å². The summed E-state index contributed by atoms with van der Waals surface area (Å²) < 4.78 is 21.8. The van der Waals surface area contributed by atoms with Gasteiger partial charge in [0.2, 0.25) is 5.91 Å². The maximum atomic E-state index is 14.0. The predicted molar refractivity (Wildman–Crippen MR) is 157 cm³/mol. The second-order valence-corrected chi connectivity index (χ2v) is 11.3. The van der Waals surface area contributed by atoms with Crippen LogP contribution >= 0.6 is 11.3 Å². The molecule has 1 amide bonds. The van der Waals surface area contributed by atoms with Gasteiger partial charge in [-0.3, -0.25) is 14.2 Å². The largest absolute Gasteiger partial charge is 0.496 e. The number of likely N-dealkylation sites (N-methyl/N-ethyl adjacent to an activating group) is 1. The molecular formula is C28H37FN6O5S. The summed E-state index contributed by atoms with van der Waals surface area (Å²) in [5, 5.41) is 20.1. The lowest BCUT2D eigenvalue weighted by atomic mass is 10.0. The van der Waals surface area contributed by atoms with Gasteiger partial charge in [0.25, 0.3) is 5.56 Å². The van der Waals surface area contributed by atoms with Crippen LogP contribution in [-0.2, 0) is 23.3 Å². The quantitative estimate of drug-likeness (QED) is 0.307. The van der Waals surface area contributed by atoms with E-state index in [1.54, 1.807) is 13.8 Å². The van der Waals surface area contributed by atoms with Crippen LogP contribution in [-0.4, -0.2) is 55.4 Å². The molecule has 0 saturated heterocycles. The van der Waals surface area contributed by atoms with Gasteiger partial charge in [-0.25, -0.2) is 13.8 Å². The SMILES string of the molecule is CC(C)CO.CCNC(=O)C(C)(C)n1c(=O)c2c(C)c(-n3nccn3)sc2n(CCc2cc(F)ccc2OC)c1=O. The second-order valence-electron chi connectivity index (χ2n) is 10.3. The van der Waals surface area contributed by atoms with Gasteiger partial charge in [0, 0.05) is 25.3 Å². The average molecular weight is 589 g/mol. The van der Waals surface area contributed by atoms with Crippen LogP contribution in [0.25, 0.3) is 15.2 Å². The summed E-state index contributed by atoms with van der Waals surface area (Å²) in [6, 6.07) is 4.18. The van der Waals surface area contributed by atoms with Crippen LogP contribution in [0.4, 0.5) is 4.39 Å². The Morgan fingerprint density at radius 2 is 1.85 bits per heavy atom. The number of carbonyl (C=O) groups is 1. The summed E-state index contributed by atoms with van der Waals surface area (Å²) in [6.07, 6.45) is 3.29. The number of aliphatic hydroxyl groups is 1. The summed E-state index contributed by atoms with van der Waals surface area (Å²) in [7, 11) is 1.49. The van der Waals surface area contributed by atoms with E-state index in [-0.39, 0.29) is 13.0 Å². The number of methoxy groups -OCH3 is 1. The molecule has 222 valence electrons. The summed E-state index contributed by atoms with van der Waals surface area (Å²) in [6.45, 7) is 11.3. The van der Waals surface area contributed by atoms with Gasteiger partial charge in [-0.15, -0.1) is 4.80 Å². The molecule has 11 nitrogen and oxygen atoms in total. The fourth-order valence-corrected chi connectivity index (χ4v) is 5.43. The minimum Gasteiger partial charge on any atom is -0.496 e. The maximum absolute atomic E-state index is 14.0. The van der Waals surface area contributed by atoms with Crippen molar-refractivity contribution in [2.24, 2.45) is 5.92 Å². The standard InChI is InChI=1S/C24H27FN6O4S.C4H10O/c1-6-26-22(33)24(3,4)30-19(32)18-14(2)20(31-27-10-11-28-31)36-21(18)29(23(30)34)12-9-15-13-16(25)7-8-17(15)35-5;1-4(2)3-5/h7-8,10-11,13H,6,9,12H2,1-5H3,(H,26,33);4-5H,3H2,1-2H3. The fourth-order valence-electron chi connectivity index (χ4n) is 4.19. The lowest BCUT2D eigenvalue weighted by molar-refractivity contribution is -0.128. The van der Waals surface area contributed by atoms with Gasteiger partial charge in [0.1, 0.15) is 26.9 Å². The molecule has 41 heavy (non-hydrogen) atoms. The normalized spacial score (nSPS) is 11.5. The minimum absolute atomic E-state index is 0.118. The molecule has 0 radical (unpaired) electrons. The molecule has 0 aliphatic heterocycles. The van der Waals surface area contributed by atoms with Crippen molar-refractivity contribution in [1.82, 2.24) is 29.4 Å². The van der Waals surface area contributed by atoms with E-state index in [1.807, 2.05) is 13.8 Å². The third kappa shape index (κ3) is 6.57. The first-order valence-electron chi connectivity index (χ1n) is 13.3. The summed E-state index contributed by atoms with van der Waals surface area (Å²) in [5.74, 6) is 0.0452. The van der Waals surface area contributed by atoms with Crippen molar-refractivity contribution in [3.8, 4) is 10.8 Å². The molecule has 0 atom stereocenters. The van der Waals surface area contributed by atoms with Gasteiger partial charge in [0.05, 0.1) is 24.9 Å². The lowest BCUT2D eigenvalue weighted by Gasteiger charge is -2.26. The van der Waals surface area contributed by atoms with E-state index in [1.165, 1.54) is 72.3 Å². The van der Waals surface area contributed by atoms with Crippen molar-refractivity contribution in [2.45, 2.75) is 60.0 Å². The molecule has 1 aromatic carbocycles. The monoisotopic (exact) mass is 588 g/mol. The number of nitrogens with one attached hydrogen (secondary N) is 1. The van der Waals surface area contributed by atoms with Gasteiger partial charge < -0.3 is 15.2 Å². The van der Waals surface area contributed by atoms with Crippen molar-refractivity contribution < 1.29 is 19.0 Å². The van der Waals surface area contributed by atoms with E-state index in [2.05, 4.69) is 15.5 Å². The van der Waals surface area contributed by atoms with Crippen LogP contribution in [0.3, 0.4) is 0 Å². The molecule has 4 rings (SSSR count). The molecule has 13 heteroatoms. The fraction of sp³-hybridized carbons (Fsp3) is 0.464. The third-order valence-corrected chi connectivity index (χ3v) is 7.73. The van der Waals surface area contributed by atoms with E-state index in [0.29, 0.717) is 51.2 Å². The molecular weight excluding hydrogens is 551 g/mol. The molecule has 0 bridgehead atoms. The van der Waals surface area contributed by atoms with Crippen molar-refractivity contribution >= 4 is 27.5 Å². The smallest absolute Gasteiger partial charge is 0.333 e. The summed E-state index contributed by atoms with van der Waals surface area (Å²) in [4.78, 5) is 42.3. The van der Waals surface area contributed by atoms with Crippen molar-refractivity contribution in [1.29, 1.82) is 0 Å². The lowest BCUT2D eigenvalue weighted by Crippen LogP contribution is -2.55. The number of aryl methyl sites for hydroxylation is 3. The summed E-state index contributed by atoms with van der Waals surface area (Å²) >= 11 is 1.20. The molecule has 0 aliphatic rings. The molecule has 0 fully saturated rings. The highest BCUT2D eigenvalue weighted by atomic mass is 32.1. The Morgan fingerprint density at radius 1 is 1.22 bits per heavy atom. The number of amides is 1. The Bertz CT molecular complexity index is 1620. The predicted octanol–water partition coefficient (Wildman–Crippen LogP) is 3.01. The Morgan fingerprint density at radius 3 is 2.41 bits per heavy atom. The number of hydrogen-bond donors (Lipinski definition) is 2. The number of fused-ring (bicyclic) bond motifs is 1. The molecule has 0 aliphatic carbocycles. The highest BCUT2D eigenvalue weighted by Crippen LogP contribution is 2.31. The molecule has 4 aromatic rings. The van der Waals surface area contributed by atoms with E-state index >= 15 is 0 Å². The second kappa shape index (κ2) is 13.2. The number of hydrogen-bond acceptors (Lipinski definition) is 8. The molecule has 3 aromatic heterocycles. The van der Waals surface area contributed by atoms with Crippen LogP contribution < -0.4 is 21.3 Å². The van der Waals surface area contributed by atoms with Crippen molar-refractivity contribution in [2.75, 3.05) is 20.3 Å². The van der Waals surface area contributed by atoms with E-state index < -0.39 is 28.5 Å². The topological polar surface area (TPSA) is 133 Å². The number of nitrogens with zero attached hydrogens (tertiary/aromatic N) is 5. The van der Waals surface area contributed by atoms with Crippen LogP contribution in [0, 0.1) is 18.7 Å². The van der Waals surface area contributed by atoms with Crippen molar-refractivity contribution in [3.05, 3.63) is 68.4 Å². The number of thiophene rings is 1. The molecule has 3 heterocycles. The number of carbonyl (C=O) groups excluding carboxylic acids is 1. The Kier molecular flexibility index (Phi) is 10.2. The maximum Gasteiger partial charge on any atom is 0.333 e. The Balaban J connectivity index is 0.000000850. The first kappa shape index (κ1) is 31.7. The number of aliphatic hydroxyl groups excluding tert-OH is 1. The summed E-state index contributed by atoms with van der Waals surface area (Å²) in [5.41, 5.74) is -1.51. The number of ether oxygens (including phenoxy) is 1. The highest BCUT2D eigenvalue weighted by molar-refractivity contribution is 7.21. The van der Waals surface area contributed by atoms with Crippen LogP contribution in [0.15, 0.2) is 40.2 Å². The van der Waals surface area contributed by atoms with Gasteiger partial charge in [-0.2, -0.15) is 10.2 Å². The first-order chi connectivity index (χ1) is 19.4. The zero-order chi connectivity index (χ0) is 30.5. The molecule has 0 spiro atoms. The zero-order valence-electron chi connectivity index (χ0n) is 24.4. The Labute approximate surface area is 241 Å². The number of rotatable bonds is 9. The third-order valence-electron chi connectivity index (χ3n) is 6.45. The van der Waals surface area contributed by atoms with Gasteiger partial charge in [-0.05, 0) is 63.8 Å². The zero-order valence-corrected chi connectivity index (χ0v) is 25.2.